The van der Waals surface area contributed by atoms with Crippen LogP contribution >= 0.6 is 0 Å². The van der Waals surface area contributed by atoms with Gasteiger partial charge in [0.25, 0.3) is 0 Å². The summed E-state index contributed by atoms with van der Waals surface area (Å²) in [5.74, 6) is 0.912. The Balaban J connectivity index is 2.18. The number of rotatable bonds is 2. The van der Waals surface area contributed by atoms with E-state index in [1.807, 2.05) is 0 Å². The van der Waals surface area contributed by atoms with Crippen LogP contribution in [0.25, 0.3) is 0 Å². The Kier molecular flexibility index (Phi) is 2.94. The van der Waals surface area contributed by atoms with Crippen LogP contribution in [-0.4, -0.2) is 13.1 Å². The van der Waals surface area contributed by atoms with E-state index in [9.17, 15) is 0 Å². The van der Waals surface area contributed by atoms with E-state index in [1.165, 1.54) is 31.5 Å². The lowest BCUT2D eigenvalue weighted by Crippen LogP contribution is -2.08. The first kappa shape index (κ1) is 7.80. The van der Waals surface area contributed by atoms with Crippen LogP contribution in [0.15, 0.2) is 11.6 Å². The molecule has 0 aliphatic carbocycles. The van der Waals surface area contributed by atoms with Gasteiger partial charge in [0.2, 0.25) is 0 Å². The zero-order valence-electron chi connectivity index (χ0n) is 6.98. The standard InChI is InChI=1S/C9H17N/c1-8(2)3-4-9-5-6-10-7-9/h3,9-10H,4-7H2,1-2H3. The first-order valence-corrected chi connectivity index (χ1v) is 4.13. The van der Waals surface area contributed by atoms with Crippen molar-refractivity contribution in [2.75, 3.05) is 13.1 Å². The minimum atomic E-state index is 0.912. The lowest BCUT2D eigenvalue weighted by atomic mass is 10.0. The normalized spacial score (nSPS) is 24.8. The Bertz CT molecular complexity index is 117. The summed E-state index contributed by atoms with van der Waals surface area (Å²) in [4.78, 5) is 0. The summed E-state index contributed by atoms with van der Waals surface area (Å²) in [6.45, 7) is 6.79. The summed E-state index contributed by atoms with van der Waals surface area (Å²) in [6, 6.07) is 0. The maximum atomic E-state index is 3.37. The van der Waals surface area contributed by atoms with Crippen molar-refractivity contribution in [3.8, 4) is 0 Å². The second kappa shape index (κ2) is 3.77. The molecule has 0 aromatic carbocycles. The van der Waals surface area contributed by atoms with Crippen LogP contribution in [0.5, 0.6) is 0 Å². The van der Waals surface area contributed by atoms with Crippen molar-refractivity contribution in [1.29, 1.82) is 0 Å². The predicted octanol–water partition coefficient (Wildman–Crippen LogP) is 1.95. The first-order valence-electron chi connectivity index (χ1n) is 4.13. The van der Waals surface area contributed by atoms with Crippen molar-refractivity contribution in [2.24, 2.45) is 5.92 Å². The van der Waals surface area contributed by atoms with Gasteiger partial charge in [-0.2, -0.15) is 0 Å². The lowest BCUT2D eigenvalue weighted by Gasteiger charge is -2.02. The average molecular weight is 139 g/mol. The first-order chi connectivity index (χ1) is 4.79. The van der Waals surface area contributed by atoms with E-state index in [0.29, 0.717) is 0 Å². The van der Waals surface area contributed by atoms with E-state index in [0.717, 1.165) is 5.92 Å². The van der Waals surface area contributed by atoms with E-state index in [-0.39, 0.29) is 0 Å². The van der Waals surface area contributed by atoms with Crippen LogP contribution in [0.1, 0.15) is 26.7 Å². The third kappa shape index (κ3) is 2.53. The number of hydrogen-bond acceptors (Lipinski definition) is 1. The highest BCUT2D eigenvalue weighted by atomic mass is 14.9. The molecular weight excluding hydrogens is 122 g/mol. The van der Waals surface area contributed by atoms with Gasteiger partial charge in [0, 0.05) is 0 Å². The summed E-state index contributed by atoms with van der Waals surface area (Å²) in [5, 5.41) is 3.37. The maximum absolute atomic E-state index is 3.37. The van der Waals surface area contributed by atoms with E-state index in [1.54, 1.807) is 0 Å². The molecule has 1 heterocycles. The molecule has 0 radical (unpaired) electrons. The van der Waals surface area contributed by atoms with Crippen LogP contribution in [-0.2, 0) is 0 Å². The van der Waals surface area contributed by atoms with Gasteiger partial charge in [-0.05, 0) is 45.7 Å². The third-order valence-electron chi connectivity index (χ3n) is 2.02. The van der Waals surface area contributed by atoms with Crippen molar-refractivity contribution < 1.29 is 0 Å². The Labute approximate surface area is 63.5 Å². The molecule has 0 aromatic rings. The molecule has 0 aromatic heterocycles. The Morgan fingerprint density at radius 3 is 2.90 bits per heavy atom. The Morgan fingerprint density at radius 2 is 2.40 bits per heavy atom. The molecule has 1 heteroatoms. The van der Waals surface area contributed by atoms with Crippen LogP contribution in [0.2, 0.25) is 0 Å². The van der Waals surface area contributed by atoms with Gasteiger partial charge in [0.05, 0.1) is 0 Å². The molecule has 0 bridgehead atoms. The molecule has 1 saturated heterocycles. The van der Waals surface area contributed by atoms with Crippen LogP contribution in [0.4, 0.5) is 0 Å². The molecule has 1 unspecified atom stereocenters. The zero-order valence-corrected chi connectivity index (χ0v) is 6.98. The van der Waals surface area contributed by atoms with Gasteiger partial charge in [0.1, 0.15) is 0 Å². The van der Waals surface area contributed by atoms with Crippen LogP contribution in [0.3, 0.4) is 0 Å². The molecule has 1 N–H and O–H groups in total. The highest BCUT2D eigenvalue weighted by Crippen LogP contribution is 2.13. The summed E-state index contributed by atoms with van der Waals surface area (Å²) >= 11 is 0. The number of hydrogen-bond donors (Lipinski definition) is 1. The molecular formula is C9H17N. The fourth-order valence-corrected chi connectivity index (χ4v) is 1.32. The highest BCUT2D eigenvalue weighted by Gasteiger charge is 2.11. The zero-order chi connectivity index (χ0) is 7.40. The smallest absolute Gasteiger partial charge is 0.00171 e. The Hall–Kier alpha value is -0.300. The van der Waals surface area contributed by atoms with Crippen molar-refractivity contribution >= 4 is 0 Å². The van der Waals surface area contributed by atoms with E-state index in [2.05, 4.69) is 25.2 Å². The van der Waals surface area contributed by atoms with Gasteiger partial charge in [-0.3, -0.25) is 0 Å². The topological polar surface area (TPSA) is 12.0 Å². The van der Waals surface area contributed by atoms with Gasteiger partial charge >= 0.3 is 0 Å². The Morgan fingerprint density at radius 1 is 1.60 bits per heavy atom. The quantitative estimate of drug-likeness (QED) is 0.577. The second-order valence-corrected chi connectivity index (χ2v) is 3.38. The SMILES string of the molecule is CC(C)=CCC1CCNC1. The summed E-state index contributed by atoms with van der Waals surface area (Å²) in [6.07, 6.45) is 4.98. The highest BCUT2D eigenvalue weighted by molar-refractivity contribution is 4.95. The fraction of sp³-hybridized carbons (Fsp3) is 0.778. The van der Waals surface area contributed by atoms with Crippen molar-refractivity contribution in [3.63, 3.8) is 0 Å². The molecule has 1 nitrogen and oxygen atoms in total. The van der Waals surface area contributed by atoms with Crippen LogP contribution in [0, 0.1) is 5.92 Å². The molecule has 1 rings (SSSR count). The molecule has 0 spiro atoms. The van der Waals surface area contributed by atoms with Crippen LogP contribution < -0.4 is 5.32 Å². The number of allylic oxidation sites excluding steroid dienone is 2. The molecule has 1 aliphatic heterocycles. The third-order valence-corrected chi connectivity index (χ3v) is 2.02. The minimum Gasteiger partial charge on any atom is -0.316 e. The second-order valence-electron chi connectivity index (χ2n) is 3.38. The van der Waals surface area contributed by atoms with Crippen molar-refractivity contribution in [1.82, 2.24) is 5.32 Å². The van der Waals surface area contributed by atoms with E-state index in [4.69, 9.17) is 0 Å². The van der Waals surface area contributed by atoms with Crippen molar-refractivity contribution in [3.05, 3.63) is 11.6 Å². The van der Waals surface area contributed by atoms with Gasteiger partial charge in [0.15, 0.2) is 0 Å². The molecule has 0 amide bonds. The molecule has 10 heavy (non-hydrogen) atoms. The van der Waals surface area contributed by atoms with E-state index < -0.39 is 0 Å². The van der Waals surface area contributed by atoms with Crippen molar-refractivity contribution in [2.45, 2.75) is 26.7 Å². The predicted molar refractivity (Wildman–Crippen MR) is 45.0 cm³/mol. The van der Waals surface area contributed by atoms with E-state index >= 15 is 0 Å². The molecule has 58 valence electrons. The molecule has 1 aliphatic rings. The molecule has 1 atom stereocenters. The maximum Gasteiger partial charge on any atom is -0.00171 e. The largest absolute Gasteiger partial charge is 0.316 e. The fourth-order valence-electron chi connectivity index (χ4n) is 1.32. The number of nitrogens with one attached hydrogen (secondary N) is 1. The summed E-state index contributed by atoms with van der Waals surface area (Å²) < 4.78 is 0. The summed E-state index contributed by atoms with van der Waals surface area (Å²) in [7, 11) is 0. The van der Waals surface area contributed by atoms with Gasteiger partial charge in [-0.25, -0.2) is 0 Å². The van der Waals surface area contributed by atoms with Gasteiger partial charge in [-0.15, -0.1) is 0 Å². The monoisotopic (exact) mass is 139 g/mol. The molecule has 0 saturated carbocycles. The summed E-state index contributed by atoms with van der Waals surface area (Å²) in [5.41, 5.74) is 1.45. The minimum absolute atomic E-state index is 0.912. The van der Waals surface area contributed by atoms with Gasteiger partial charge < -0.3 is 5.32 Å². The average Bonchev–Trinajstić information content (AvgIpc) is 2.34. The lowest BCUT2D eigenvalue weighted by molar-refractivity contribution is 0.591. The van der Waals surface area contributed by atoms with Gasteiger partial charge in [-0.1, -0.05) is 11.6 Å². The molecule has 1 fully saturated rings.